The number of nitrogens with zero attached hydrogens (tertiary/aromatic N) is 1. The van der Waals surface area contributed by atoms with E-state index < -0.39 is 0 Å². The van der Waals surface area contributed by atoms with Crippen LogP contribution in [0.3, 0.4) is 0 Å². The summed E-state index contributed by atoms with van der Waals surface area (Å²) < 4.78 is 5.50. The standard InChI is InChI=1S/C16H17N3OS/c1-3-20-11-7-8-12-13(9-11)19-16(18-12)21-14-6-4-5-10(2)15(14)17/h4-9H,3,17H2,1-2H3,(H,18,19). The second kappa shape index (κ2) is 5.69. The van der Waals surface area contributed by atoms with Crippen molar-refractivity contribution in [1.29, 1.82) is 0 Å². The maximum absolute atomic E-state index is 6.11. The number of anilines is 1. The molecule has 3 rings (SSSR count). The third-order valence-electron chi connectivity index (χ3n) is 3.23. The van der Waals surface area contributed by atoms with Crippen molar-refractivity contribution >= 4 is 28.5 Å². The number of aromatic amines is 1. The molecule has 0 saturated heterocycles. The molecule has 0 bridgehead atoms. The van der Waals surface area contributed by atoms with Crippen molar-refractivity contribution in [2.75, 3.05) is 12.3 Å². The van der Waals surface area contributed by atoms with Crippen LogP contribution in [0.25, 0.3) is 11.0 Å². The minimum Gasteiger partial charge on any atom is -0.494 e. The molecule has 1 aromatic heterocycles. The van der Waals surface area contributed by atoms with Gasteiger partial charge in [0.25, 0.3) is 0 Å². The number of para-hydroxylation sites is 1. The van der Waals surface area contributed by atoms with Crippen LogP contribution in [0.2, 0.25) is 0 Å². The Morgan fingerprint density at radius 1 is 1.29 bits per heavy atom. The summed E-state index contributed by atoms with van der Waals surface area (Å²) in [7, 11) is 0. The van der Waals surface area contributed by atoms with E-state index in [0.717, 1.165) is 38.1 Å². The molecule has 0 fully saturated rings. The van der Waals surface area contributed by atoms with Gasteiger partial charge in [-0.05, 0) is 49.4 Å². The van der Waals surface area contributed by atoms with E-state index in [1.54, 1.807) is 11.8 Å². The summed E-state index contributed by atoms with van der Waals surface area (Å²) in [5.74, 6) is 0.847. The van der Waals surface area contributed by atoms with Crippen molar-refractivity contribution in [1.82, 2.24) is 9.97 Å². The third-order valence-corrected chi connectivity index (χ3v) is 4.20. The maximum atomic E-state index is 6.11. The van der Waals surface area contributed by atoms with Gasteiger partial charge in [0.1, 0.15) is 5.75 Å². The number of benzene rings is 2. The van der Waals surface area contributed by atoms with Crippen LogP contribution in [-0.4, -0.2) is 16.6 Å². The average molecular weight is 299 g/mol. The van der Waals surface area contributed by atoms with Crippen LogP contribution in [0.1, 0.15) is 12.5 Å². The number of hydrogen-bond donors (Lipinski definition) is 2. The summed E-state index contributed by atoms with van der Waals surface area (Å²) in [4.78, 5) is 8.90. The Morgan fingerprint density at radius 2 is 2.14 bits per heavy atom. The molecule has 0 saturated carbocycles. The first-order chi connectivity index (χ1) is 10.2. The van der Waals surface area contributed by atoms with E-state index >= 15 is 0 Å². The summed E-state index contributed by atoms with van der Waals surface area (Å²) in [6.07, 6.45) is 0. The van der Waals surface area contributed by atoms with Crippen molar-refractivity contribution in [3.8, 4) is 5.75 Å². The van der Waals surface area contributed by atoms with Gasteiger partial charge >= 0.3 is 0 Å². The van der Waals surface area contributed by atoms with E-state index in [4.69, 9.17) is 10.5 Å². The second-order valence-electron chi connectivity index (χ2n) is 4.74. The van der Waals surface area contributed by atoms with Crippen LogP contribution in [0.15, 0.2) is 46.5 Å². The lowest BCUT2D eigenvalue weighted by Gasteiger charge is -2.05. The van der Waals surface area contributed by atoms with Gasteiger partial charge in [0, 0.05) is 16.6 Å². The fourth-order valence-electron chi connectivity index (χ4n) is 2.12. The maximum Gasteiger partial charge on any atom is 0.171 e. The molecule has 2 aromatic carbocycles. The largest absolute Gasteiger partial charge is 0.494 e. The molecule has 5 heteroatoms. The minimum absolute atomic E-state index is 0.654. The number of rotatable bonds is 4. The van der Waals surface area contributed by atoms with E-state index in [9.17, 15) is 0 Å². The molecule has 0 aliphatic carbocycles. The number of nitrogens with two attached hydrogens (primary N) is 1. The number of imidazole rings is 1. The number of hydrogen-bond acceptors (Lipinski definition) is 4. The normalized spacial score (nSPS) is 11.0. The number of fused-ring (bicyclic) bond motifs is 1. The minimum atomic E-state index is 0.654. The zero-order valence-corrected chi connectivity index (χ0v) is 12.8. The second-order valence-corrected chi connectivity index (χ2v) is 5.77. The van der Waals surface area contributed by atoms with E-state index in [0.29, 0.717) is 6.61 Å². The quantitative estimate of drug-likeness (QED) is 0.715. The zero-order chi connectivity index (χ0) is 14.8. The Balaban J connectivity index is 1.92. The molecule has 1 heterocycles. The Hall–Kier alpha value is -2.14. The SMILES string of the molecule is CCOc1ccc2nc(Sc3cccc(C)c3N)[nH]c2c1. The van der Waals surface area contributed by atoms with Gasteiger partial charge in [-0.25, -0.2) is 4.98 Å². The lowest BCUT2D eigenvalue weighted by Crippen LogP contribution is -1.92. The molecular formula is C16H17N3OS. The molecular weight excluding hydrogens is 282 g/mol. The highest BCUT2D eigenvalue weighted by Gasteiger charge is 2.08. The first-order valence-corrected chi connectivity index (χ1v) is 7.64. The van der Waals surface area contributed by atoms with Gasteiger partial charge < -0.3 is 15.5 Å². The predicted octanol–water partition coefficient (Wildman–Crippen LogP) is 4.00. The van der Waals surface area contributed by atoms with Gasteiger partial charge in [0.15, 0.2) is 5.16 Å². The highest BCUT2D eigenvalue weighted by atomic mass is 32.2. The van der Waals surface area contributed by atoms with Crippen LogP contribution < -0.4 is 10.5 Å². The lowest BCUT2D eigenvalue weighted by molar-refractivity contribution is 0.340. The van der Waals surface area contributed by atoms with E-state index in [1.165, 1.54) is 0 Å². The predicted molar refractivity (Wildman–Crippen MR) is 87.0 cm³/mol. The summed E-state index contributed by atoms with van der Waals surface area (Å²) in [6, 6.07) is 11.9. The summed E-state index contributed by atoms with van der Waals surface area (Å²) in [6.45, 7) is 4.63. The summed E-state index contributed by atoms with van der Waals surface area (Å²) in [5, 5.41) is 0.830. The summed E-state index contributed by atoms with van der Waals surface area (Å²) in [5.41, 5.74) is 9.88. The molecule has 0 aliphatic heterocycles. The molecule has 4 nitrogen and oxygen atoms in total. The average Bonchev–Trinajstić information content (AvgIpc) is 2.86. The summed E-state index contributed by atoms with van der Waals surface area (Å²) >= 11 is 1.54. The molecule has 0 amide bonds. The fourth-order valence-corrected chi connectivity index (χ4v) is 3.05. The van der Waals surface area contributed by atoms with E-state index in [-0.39, 0.29) is 0 Å². The Morgan fingerprint density at radius 3 is 2.95 bits per heavy atom. The Kier molecular flexibility index (Phi) is 3.75. The first kappa shape index (κ1) is 13.8. The highest BCUT2D eigenvalue weighted by molar-refractivity contribution is 7.99. The number of ether oxygens (including phenoxy) is 1. The number of aryl methyl sites for hydroxylation is 1. The molecule has 0 atom stereocenters. The molecule has 0 spiro atoms. The number of aromatic nitrogens is 2. The van der Waals surface area contributed by atoms with Crippen LogP contribution in [0.5, 0.6) is 5.75 Å². The molecule has 108 valence electrons. The van der Waals surface area contributed by atoms with Crippen molar-refractivity contribution in [2.24, 2.45) is 0 Å². The van der Waals surface area contributed by atoms with Gasteiger partial charge in [0.2, 0.25) is 0 Å². The van der Waals surface area contributed by atoms with Crippen LogP contribution in [-0.2, 0) is 0 Å². The number of nitrogens with one attached hydrogen (secondary N) is 1. The topological polar surface area (TPSA) is 63.9 Å². The number of nitrogen functional groups attached to an aromatic ring is 1. The van der Waals surface area contributed by atoms with E-state index in [2.05, 4.69) is 9.97 Å². The molecule has 0 unspecified atom stereocenters. The van der Waals surface area contributed by atoms with Gasteiger partial charge in [-0.3, -0.25) is 0 Å². The van der Waals surface area contributed by atoms with E-state index in [1.807, 2.05) is 50.2 Å². The fraction of sp³-hybridized carbons (Fsp3) is 0.188. The van der Waals surface area contributed by atoms with Crippen molar-refractivity contribution in [2.45, 2.75) is 23.9 Å². The van der Waals surface area contributed by atoms with Crippen LogP contribution in [0, 0.1) is 6.92 Å². The van der Waals surface area contributed by atoms with Gasteiger partial charge in [0.05, 0.1) is 17.6 Å². The molecule has 0 radical (unpaired) electrons. The monoisotopic (exact) mass is 299 g/mol. The number of H-pyrrole nitrogens is 1. The third kappa shape index (κ3) is 2.83. The Labute approximate surface area is 127 Å². The molecule has 21 heavy (non-hydrogen) atoms. The molecule has 0 aliphatic rings. The molecule has 3 N–H and O–H groups in total. The highest BCUT2D eigenvalue weighted by Crippen LogP contribution is 2.33. The Bertz CT molecular complexity index is 782. The smallest absolute Gasteiger partial charge is 0.171 e. The van der Waals surface area contributed by atoms with Crippen molar-refractivity contribution < 1.29 is 4.74 Å². The van der Waals surface area contributed by atoms with Crippen LogP contribution >= 0.6 is 11.8 Å². The first-order valence-electron chi connectivity index (χ1n) is 6.83. The van der Waals surface area contributed by atoms with Crippen molar-refractivity contribution in [3.63, 3.8) is 0 Å². The van der Waals surface area contributed by atoms with Gasteiger partial charge in [-0.1, -0.05) is 12.1 Å². The van der Waals surface area contributed by atoms with Crippen LogP contribution in [0.4, 0.5) is 5.69 Å². The molecule has 3 aromatic rings. The van der Waals surface area contributed by atoms with Gasteiger partial charge in [-0.2, -0.15) is 0 Å². The van der Waals surface area contributed by atoms with Crippen molar-refractivity contribution in [3.05, 3.63) is 42.0 Å². The zero-order valence-electron chi connectivity index (χ0n) is 12.0. The lowest BCUT2D eigenvalue weighted by atomic mass is 10.2. The van der Waals surface area contributed by atoms with Gasteiger partial charge in [-0.15, -0.1) is 0 Å².